The number of carbonyl (C=O) groups is 1. The van der Waals surface area contributed by atoms with Gasteiger partial charge in [0.15, 0.2) is 0 Å². The molecule has 1 amide bonds. The summed E-state index contributed by atoms with van der Waals surface area (Å²) >= 11 is 0. The number of rotatable bonds is 5. The number of fused-ring (bicyclic) bond motifs is 1. The van der Waals surface area contributed by atoms with Crippen LogP contribution in [0.4, 0.5) is 0 Å². The summed E-state index contributed by atoms with van der Waals surface area (Å²) in [5.74, 6) is -0.263. The van der Waals surface area contributed by atoms with Crippen molar-refractivity contribution < 1.29 is 13.2 Å². The van der Waals surface area contributed by atoms with Crippen molar-refractivity contribution in [2.75, 3.05) is 13.1 Å². The number of hydrogen-bond acceptors (Lipinski definition) is 4. The van der Waals surface area contributed by atoms with E-state index in [1.807, 2.05) is 35.0 Å². The van der Waals surface area contributed by atoms with E-state index in [9.17, 15) is 13.2 Å². The number of hydrogen-bond donors (Lipinski definition) is 1. The van der Waals surface area contributed by atoms with Crippen molar-refractivity contribution >= 4 is 21.6 Å². The van der Waals surface area contributed by atoms with Crippen molar-refractivity contribution in [3.05, 3.63) is 66.1 Å². The van der Waals surface area contributed by atoms with Crippen LogP contribution in [-0.2, 0) is 16.6 Å². The molecule has 0 radical (unpaired) electrons. The molecule has 3 aromatic rings. The van der Waals surface area contributed by atoms with Crippen LogP contribution in [0, 0.1) is 0 Å². The highest BCUT2D eigenvalue weighted by Crippen LogP contribution is 2.20. The second kappa shape index (κ2) is 8.34. The monoisotopic (exact) mass is 412 g/mol. The van der Waals surface area contributed by atoms with Gasteiger partial charge in [-0.15, -0.1) is 0 Å². The maximum Gasteiger partial charge on any atom is 0.251 e. The predicted molar refractivity (Wildman–Crippen MR) is 110 cm³/mol. The van der Waals surface area contributed by atoms with E-state index in [-0.39, 0.29) is 10.8 Å². The molecule has 0 spiro atoms. The van der Waals surface area contributed by atoms with Gasteiger partial charge in [-0.2, -0.15) is 4.31 Å². The standard InChI is InChI=1S/C21H24N4O3S/c26-21(22-15-18-16-24-12-6-3-7-20(24)23-18)17-8-10-19(11-9-17)29(27,28)25-13-4-1-2-5-14-25/h3,6-12,16H,1-2,4-5,13-15H2,(H,22,26). The predicted octanol–water partition coefficient (Wildman–Crippen LogP) is 2.83. The summed E-state index contributed by atoms with van der Waals surface area (Å²) in [5, 5.41) is 2.83. The fraction of sp³-hybridized carbons (Fsp3) is 0.333. The second-order valence-corrected chi connectivity index (χ2v) is 9.16. The van der Waals surface area contributed by atoms with E-state index in [4.69, 9.17) is 0 Å². The zero-order valence-electron chi connectivity index (χ0n) is 16.1. The summed E-state index contributed by atoms with van der Waals surface area (Å²) < 4.78 is 29.1. The summed E-state index contributed by atoms with van der Waals surface area (Å²) in [6, 6.07) is 11.9. The average Bonchev–Trinajstić information content (AvgIpc) is 2.94. The molecule has 7 nitrogen and oxygen atoms in total. The quantitative estimate of drug-likeness (QED) is 0.698. The molecule has 0 saturated carbocycles. The maximum atomic E-state index is 12.8. The van der Waals surface area contributed by atoms with Gasteiger partial charge >= 0.3 is 0 Å². The highest BCUT2D eigenvalue weighted by atomic mass is 32.2. The lowest BCUT2D eigenvalue weighted by molar-refractivity contribution is 0.0950. The first-order valence-electron chi connectivity index (χ1n) is 9.85. The molecule has 2 aromatic heterocycles. The Labute approximate surface area is 170 Å². The lowest BCUT2D eigenvalue weighted by atomic mass is 10.2. The third-order valence-electron chi connectivity index (χ3n) is 5.16. The lowest BCUT2D eigenvalue weighted by Gasteiger charge is -2.20. The van der Waals surface area contributed by atoms with Gasteiger partial charge < -0.3 is 9.72 Å². The largest absolute Gasteiger partial charge is 0.346 e. The number of nitrogens with zero attached hydrogens (tertiary/aromatic N) is 3. The maximum absolute atomic E-state index is 12.8. The van der Waals surface area contributed by atoms with Crippen LogP contribution in [-0.4, -0.2) is 41.1 Å². The van der Waals surface area contributed by atoms with Crippen molar-refractivity contribution in [1.82, 2.24) is 19.0 Å². The lowest BCUT2D eigenvalue weighted by Crippen LogP contribution is -2.32. The molecule has 1 N–H and O–H groups in total. The minimum atomic E-state index is -3.51. The minimum Gasteiger partial charge on any atom is -0.346 e. The van der Waals surface area contributed by atoms with Crippen LogP contribution in [0.5, 0.6) is 0 Å². The molecule has 0 aliphatic carbocycles. The fourth-order valence-corrected chi connectivity index (χ4v) is 5.07. The number of nitrogens with one attached hydrogen (secondary N) is 1. The molecule has 29 heavy (non-hydrogen) atoms. The van der Waals surface area contributed by atoms with Crippen LogP contribution in [0.2, 0.25) is 0 Å². The Morgan fingerprint density at radius 2 is 1.72 bits per heavy atom. The van der Waals surface area contributed by atoms with Crippen molar-refractivity contribution in [1.29, 1.82) is 0 Å². The van der Waals surface area contributed by atoms with Crippen LogP contribution >= 0.6 is 0 Å². The smallest absolute Gasteiger partial charge is 0.251 e. The number of carbonyl (C=O) groups excluding carboxylic acids is 1. The van der Waals surface area contributed by atoms with Crippen LogP contribution in [0.3, 0.4) is 0 Å². The fourth-order valence-electron chi connectivity index (χ4n) is 3.55. The number of sulfonamides is 1. The summed E-state index contributed by atoms with van der Waals surface area (Å²) in [7, 11) is -3.51. The summed E-state index contributed by atoms with van der Waals surface area (Å²) in [4.78, 5) is 17.1. The van der Waals surface area contributed by atoms with Gasteiger partial charge in [0.05, 0.1) is 17.1 Å². The molecule has 4 rings (SSSR count). The zero-order valence-corrected chi connectivity index (χ0v) is 16.9. The minimum absolute atomic E-state index is 0.233. The molecule has 0 atom stereocenters. The van der Waals surface area contributed by atoms with Crippen molar-refractivity contribution in [3.63, 3.8) is 0 Å². The molecule has 3 heterocycles. The van der Waals surface area contributed by atoms with Gasteiger partial charge in [-0.05, 0) is 49.2 Å². The van der Waals surface area contributed by atoms with E-state index in [1.165, 1.54) is 12.1 Å². The van der Waals surface area contributed by atoms with Gasteiger partial charge in [0.25, 0.3) is 5.91 Å². The van der Waals surface area contributed by atoms with E-state index in [2.05, 4.69) is 10.3 Å². The Balaban J connectivity index is 1.42. The molecule has 1 fully saturated rings. The molecule has 1 aliphatic rings. The van der Waals surface area contributed by atoms with Gasteiger partial charge in [0.2, 0.25) is 10.0 Å². The summed E-state index contributed by atoms with van der Waals surface area (Å²) in [5.41, 5.74) is 1.99. The van der Waals surface area contributed by atoms with Crippen LogP contribution < -0.4 is 5.32 Å². The first-order chi connectivity index (χ1) is 14.0. The van der Waals surface area contributed by atoms with Gasteiger partial charge in [0, 0.05) is 31.0 Å². The molecule has 1 aliphatic heterocycles. The van der Waals surface area contributed by atoms with E-state index < -0.39 is 10.0 Å². The van der Waals surface area contributed by atoms with Crippen molar-refractivity contribution in [2.45, 2.75) is 37.1 Å². The number of pyridine rings is 1. The van der Waals surface area contributed by atoms with E-state index in [1.54, 1.807) is 16.4 Å². The molecule has 0 bridgehead atoms. The van der Waals surface area contributed by atoms with Crippen LogP contribution in [0.15, 0.2) is 59.8 Å². The van der Waals surface area contributed by atoms with Crippen LogP contribution in [0.1, 0.15) is 41.7 Å². The molecule has 0 unspecified atom stereocenters. The molecular weight excluding hydrogens is 388 g/mol. The average molecular weight is 413 g/mol. The highest BCUT2D eigenvalue weighted by Gasteiger charge is 2.25. The van der Waals surface area contributed by atoms with E-state index in [0.717, 1.165) is 37.0 Å². The number of imidazole rings is 1. The Morgan fingerprint density at radius 3 is 2.41 bits per heavy atom. The topological polar surface area (TPSA) is 83.8 Å². The normalized spacial score (nSPS) is 15.9. The zero-order chi connectivity index (χ0) is 20.3. The first kappa shape index (κ1) is 19.6. The molecule has 152 valence electrons. The van der Waals surface area contributed by atoms with Gasteiger partial charge in [-0.1, -0.05) is 18.9 Å². The summed E-state index contributed by atoms with van der Waals surface area (Å²) in [6.45, 7) is 1.42. The Kier molecular flexibility index (Phi) is 5.64. The molecule has 1 saturated heterocycles. The third kappa shape index (κ3) is 4.33. The Hall–Kier alpha value is -2.71. The first-order valence-corrected chi connectivity index (χ1v) is 11.3. The van der Waals surface area contributed by atoms with Gasteiger partial charge in [-0.3, -0.25) is 4.79 Å². The summed E-state index contributed by atoms with van der Waals surface area (Å²) in [6.07, 6.45) is 7.68. The number of amides is 1. The molecular formula is C21H24N4O3S. The van der Waals surface area contributed by atoms with Crippen molar-refractivity contribution in [3.8, 4) is 0 Å². The Morgan fingerprint density at radius 1 is 1.00 bits per heavy atom. The second-order valence-electron chi connectivity index (χ2n) is 7.22. The van der Waals surface area contributed by atoms with Gasteiger partial charge in [-0.25, -0.2) is 13.4 Å². The molecule has 1 aromatic carbocycles. The van der Waals surface area contributed by atoms with Crippen LogP contribution in [0.25, 0.3) is 5.65 Å². The Bertz CT molecular complexity index is 1070. The van der Waals surface area contributed by atoms with Gasteiger partial charge in [0.1, 0.15) is 5.65 Å². The third-order valence-corrected chi connectivity index (χ3v) is 7.08. The highest BCUT2D eigenvalue weighted by molar-refractivity contribution is 7.89. The van der Waals surface area contributed by atoms with E-state index >= 15 is 0 Å². The molecule has 8 heteroatoms. The SMILES string of the molecule is O=C(NCc1cn2ccccc2n1)c1ccc(S(=O)(=O)N2CCCCCC2)cc1. The number of aromatic nitrogens is 2. The number of benzene rings is 1. The van der Waals surface area contributed by atoms with E-state index in [0.29, 0.717) is 25.2 Å². The van der Waals surface area contributed by atoms with Crippen molar-refractivity contribution in [2.24, 2.45) is 0 Å².